The molecule has 0 unspecified atom stereocenters. The predicted octanol–water partition coefficient (Wildman–Crippen LogP) is 0.00990. The minimum absolute atomic E-state index is 0.293. The Labute approximate surface area is 109 Å². The van der Waals surface area contributed by atoms with Crippen molar-refractivity contribution in [1.29, 1.82) is 0 Å². The van der Waals surface area contributed by atoms with Crippen molar-refractivity contribution < 1.29 is 31.0 Å². The summed E-state index contributed by atoms with van der Waals surface area (Å²) in [5.41, 5.74) is -0.293. The van der Waals surface area contributed by atoms with Crippen LogP contribution in [0.5, 0.6) is 0 Å². The minimum atomic E-state index is -2.92. The second-order valence-electron chi connectivity index (χ2n) is 4.63. The van der Waals surface area contributed by atoms with Crippen LogP contribution in [0.15, 0.2) is 0 Å². The van der Waals surface area contributed by atoms with Crippen molar-refractivity contribution in [3.8, 4) is 0 Å². The molecule has 0 aromatic rings. The van der Waals surface area contributed by atoms with Gasteiger partial charge in [0, 0.05) is 27.9 Å². The van der Waals surface area contributed by atoms with Gasteiger partial charge in [-0.15, -0.1) is 0 Å². The number of hydrogen-bond donors (Lipinski definition) is 0. The van der Waals surface area contributed by atoms with Crippen LogP contribution in [0.4, 0.5) is 0 Å². The molecule has 2 aliphatic rings. The lowest BCUT2D eigenvalue weighted by Gasteiger charge is -2.46. The maximum absolute atomic E-state index is 5.71. The fourth-order valence-electron chi connectivity index (χ4n) is 1.82. The summed E-state index contributed by atoms with van der Waals surface area (Å²) in [4.78, 5) is 0. The molecule has 0 N–H and O–H groups in total. The molecule has 9 heteroatoms. The Hall–Kier alpha value is 0.154. The van der Waals surface area contributed by atoms with E-state index in [1.165, 1.54) is 14.2 Å². The van der Waals surface area contributed by atoms with Gasteiger partial charge in [-0.3, -0.25) is 0 Å². The van der Waals surface area contributed by atoms with E-state index in [0.717, 1.165) is 0 Å². The highest BCUT2D eigenvalue weighted by molar-refractivity contribution is 6.59. The molecular weight excluding hydrogens is 276 g/mol. The molecule has 2 saturated heterocycles. The zero-order chi connectivity index (χ0) is 13.3. The van der Waals surface area contributed by atoms with Crippen LogP contribution in [-0.4, -0.2) is 65.6 Å². The van der Waals surface area contributed by atoms with Crippen LogP contribution in [0.2, 0.25) is 6.55 Å². The Kier molecular flexibility index (Phi) is 4.26. The molecule has 7 nitrogen and oxygen atoms in total. The fraction of sp³-hybridized carbons (Fsp3) is 1.00. The molecule has 0 aromatic heterocycles. The highest BCUT2D eigenvalue weighted by Crippen LogP contribution is 2.34. The Morgan fingerprint density at radius 1 is 0.778 bits per heavy atom. The van der Waals surface area contributed by atoms with Gasteiger partial charge in [-0.25, -0.2) is 0 Å². The van der Waals surface area contributed by atoms with Crippen LogP contribution in [-0.2, 0) is 31.0 Å². The van der Waals surface area contributed by atoms with E-state index in [-0.39, 0.29) is 5.41 Å². The van der Waals surface area contributed by atoms with Crippen molar-refractivity contribution in [2.24, 2.45) is 5.41 Å². The average Bonchev–Trinajstić information content (AvgIpc) is 2.44. The molecule has 0 aliphatic carbocycles. The largest absolute Gasteiger partial charge is 0.679 e. The van der Waals surface area contributed by atoms with Gasteiger partial charge in [0.1, 0.15) is 0 Å². The lowest BCUT2D eigenvalue weighted by Crippen LogP contribution is -2.63. The SMILES string of the molecule is CO[Si]1(C)OCC2(CO1)CO[Si](OC)(OC)OC2. The van der Waals surface area contributed by atoms with Gasteiger partial charge in [-0.2, -0.15) is 0 Å². The average molecular weight is 296 g/mol. The standard InChI is InChI=1S/C9H20O7Si2/c1-10-17(4)13-5-9(6-14-17)7-15-18(11-2,12-3)16-8-9/h5-8H2,1-4H3. The van der Waals surface area contributed by atoms with Crippen molar-refractivity contribution in [1.82, 2.24) is 0 Å². The van der Waals surface area contributed by atoms with Crippen LogP contribution < -0.4 is 0 Å². The van der Waals surface area contributed by atoms with Gasteiger partial charge in [-0.05, 0) is 0 Å². The normalized spacial score (nSPS) is 29.3. The van der Waals surface area contributed by atoms with E-state index in [9.17, 15) is 0 Å². The summed E-state index contributed by atoms with van der Waals surface area (Å²) in [6, 6.07) is 0. The molecule has 0 saturated carbocycles. The van der Waals surface area contributed by atoms with Crippen LogP contribution in [0, 0.1) is 5.41 Å². The van der Waals surface area contributed by atoms with Crippen molar-refractivity contribution >= 4 is 17.9 Å². The van der Waals surface area contributed by atoms with Crippen LogP contribution in [0.25, 0.3) is 0 Å². The number of rotatable bonds is 3. The predicted molar refractivity (Wildman–Crippen MR) is 64.6 cm³/mol. The van der Waals surface area contributed by atoms with Crippen LogP contribution >= 0.6 is 0 Å². The van der Waals surface area contributed by atoms with Gasteiger partial charge in [0.25, 0.3) is 0 Å². The maximum atomic E-state index is 5.71. The number of hydrogen-bond acceptors (Lipinski definition) is 7. The van der Waals surface area contributed by atoms with E-state index in [1.807, 2.05) is 6.55 Å². The molecule has 0 atom stereocenters. The quantitative estimate of drug-likeness (QED) is 0.680. The van der Waals surface area contributed by atoms with E-state index in [2.05, 4.69) is 0 Å². The Bertz CT molecular complexity index is 277. The third-order valence-electron chi connectivity index (χ3n) is 3.26. The summed E-state index contributed by atoms with van der Waals surface area (Å²) in [5.74, 6) is 0. The summed E-state index contributed by atoms with van der Waals surface area (Å²) in [6.45, 7) is 3.75. The molecule has 18 heavy (non-hydrogen) atoms. The van der Waals surface area contributed by atoms with Crippen molar-refractivity contribution in [2.75, 3.05) is 47.8 Å². The summed E-state index contributed by atoms with van der Waals surface area (Å²) >= 11 is 0. The molecule has 1 spiro atoms. The van der Waals surface area contributed by atoms with E-state index < -0.39 is 17.9 Å². The fourth-order valence-corrected chi connectivity index (χ4v) is 4.96. The molecule has 2 heterocycles. The third-order valence-corrected chi connectivity index (χ3v) is 7.34. The molecule has 2 fully saturated rings. The monoisotopic (exact) mass is 296 g/mol. The topological polar surface area (TPSA) is 64.6 Å². The smallest absolute Gasteiger partial charge is 0.377 e. The Morgan fingerprint density at radius 2 is 1.22 bits per heavy atom. The first-order valence-corrected chi connectivity index (χ1v) is 9.58. The lowest BCUT2D eigenvalue weighted by molar-refractivity contribution is -0.152. The van der Waals surface area contributed by atoms with Gasteiger partial charge in [0.2, 0.25) is 0 Å². The summed E-state index contributed by atoms with van der Waals surface area (Å²) in [6.07, 6.45) is 0. The molecule has 0 amide bonds. The van der Waals surface area contributed by atoms with Gasteiger partial charge < -0.3 is 31.0 Å². The zero-order valence-corrected chi connectivity index (χ0v) is 13.2. The zero-order valence-electron chi connectivity index (χ0n) is 11.2. The van der Waals surface area contributed by atoms with Gasteiger partial charge in [0.15, 0.2) is 0 Å². The third kappa shape index (κ3) is 2.69. The lowest BCUT2D eigenvalue weighted by atomic mass is 9.93. The minimum Gasteiger partial charge on any atom is -0.377 e. The first kappa shape index (κ1) is 14.6. The molecular formula is C9H20O7Si2. The second kappa shape index (κ2) is 5.27. The van der Waals surface area contributed by atoms with Gasteiger partial charge in [0.05, 0.1) is 31.8 Å². The van der Waals surface area contributed by atoms with Crippen LogP contribution in [0.1, 0.15) is 0 Å². The summed E-state index contributed by atoms with van der Waals surface area (Å²) in [7, 11) is -0.699. The van der Waals surface area contributed by atoms with Crippen LogP contribution in [0.3, 0.4) is 0 Å². The summed E-state index contributed by atoms with van der Waals surface area (Å²) in [5, 5.41) is 0. The summed E-state index contributed by atoms with van der Waals surface area (Å²) < 4.78 is 38.4. The molecule has 0 radical (unpaired) electrons. The highest BCUT2D eigenvalue weighted by atomic mass is 28.4. The Balaban J connectivity index is 1.94. The van der Waals surface area contributed by atoms with Crippen molar-refractivity contribution in [3.05, 3.63) is 0 Å². The molecule has 106 valence electrons. The molecule has 0 aromatic carbocycles. The molecule has 0 bridgehead atoms. The second-order valence-corrected chi connectivity index (χ2v) is 9.73. The van der Waals surface area contributed by atoms with Crippen molar-refractivity contribution in [2.45, 2.75) is 6.55 Å². The Morgan fingerprint density at radius 3 is 1.61 bits per heavy atom. The van der Waals surface area contributed by atoms with Gasteiger partial charge >= 0.3 is 17.9 Å². The van der Waals surface area contributed by atoms with E-state index in [0.29, 0.717) is 26.4 Å². The van der Waals surface area contributed by atoms with Gasteiger partial charge in [-0.1, -0.05) is 0 Å². The molecule has 2 aliphatic heterocycles. The van der Waals surface area contributed by atoms with E-state index in [1.54, 1.807) is 7.11 Å². The first-order chi connectivity index (χ1) is 8.51. The molecule has 2 rings (SSSR count). The van der Waals surface area contributed by atoms with E-state index in [4.69, 9.17) is 31.0 Å². The highest BCUT2D eigenvalue weighted by Gasteiger charge is 2.55. The van der Waals surface area contributed by atoms with Crippen molar-refractivity contribution in [3.63, 3.8) is 0 Å². The maximum Gasteiger partial charge on any atom is 0.679 e. The first-order valence-electron chi connectivity index (χ1n) is 5.72. The van der Waals surface area contributed by atoms with E-state index >= 15 is 0 Å².